The zero-order chi connectivity index (χ0) is 15.4. The molecule has 2 aromatic rings. The van der Waals surface area contributed by atoms with Crippen LogP contribution in [-0.2, 0) is 0 Å². The molecule has 3 rings (SSSR count). The van der Waals surface area contributed by atoms with Gasteiger partial charge in [-0.05, 0) is 48.6 Å². The number of ether oxygens (including phenoxy) is 1. The second kappa shape index (κ2) is 6.65. The summed E-state index contributed by atoms with van der Waals surface area (Å²) in [5, 5.41) is 0. The van der Waals surface area contributed by atoms with Crippen molar-refractivity contribution in [3.63, 3.8) is 0 Å². The Kier molecular flexibility index (Phi) is 4.42. The van der Waals surface area contributed by atoms with Crippen LogP contribution in [0.5, 0.6) is 5.75 Å². The summed E-state index contributed by atoms with van der Waals surface area (Å²) in [6, 6.07) is 17.9. The van der Waals surface area contributed by atoms with Crippen molar-refractivity contribution in [1.82, 2.24) is 4.90 Å². The number of piperidine rings is 1. The van der Waals surface area contributed by atoms with E-state index in [-0.39, 0.29) is 5.91 Å². The zero-order valence-electron chi connectivity index (χ0n) is 12.9. The predicted octanol–water partition coefficient (Wildman–Crippen LogP) is 3.72. The fourth-order valence-corrected chi connectivity index (χ4v) is 3.06. The van der Waals surface area contributed by atoms with Gasteiger partial charge in [-0.2, -0.15) is 0 Å². The number of rotatable bonds is 3. The van der Waals surface area contributed by atoms with Gasteiger partial charge in [-0.3, -0.25) is 4.79 Å². The fraction of sp³-hybridized carbons (Fsp3) is 0.316. The Hall–Kier alpha value is -2.29. The van der Waals surface area contributed by atoms with Crippen LogP contribution in [0.15, 0.2) is 54.6 Å². The van der Waals surface area contributed by atoms with Crippen molar-refractivity contribution in [3.05, 3.63) is 65.7 Å². The topological polar surface area (TPSA) is 29.5 Å². The van der Waals surface area contributed by atoms with Crippen molar-refractivity contribution in [1.29, 1.82) is 0 Å². The lowest BCUT2D eigenvalue weighted by Crippen LogP contribution is -2.37. The van der Waals surface area contributed by atoms with Gasteiger partial charge in [0.1, 0.15) is 5.75 Å². The highest BCUT2D eigenvalue weighted by molar-refractivity contribution is 5.94. The molecule has 22 heavy (non-hydrogen) atoms. The first kappa shape index (κ1) is 14.6. The molecule has 3 nitrogen and oxygen atoms in total. The summed E-state index contributed by atoms with van der Waals surface area (Å²) in [5.74, 6) is 1.47. The Morgan fingerprint density at radius 1 is 1.00 bits per heavy atom. The molecule has 1 amide bonds. The van der Waals surface area contributed by atoms with Gasteiger partial charge < -0.3 is 9.64 Å². The van der Waals surface area contributed by atoms with Crippen LogP contribution >= 0.6 is 0 Å². The molecule has 1 aliphatic heterocycles. The molecule has 0 N–H and O–H groups in total. The van der Waals surface area contributed by atoms with Gasteiger partial charge in [0.05, 0.1) is 7.11 Å². The molecule has 0 unspecified atom stereocenters. The summed E-state index contributed by atoms with van der Waals surface area (Å²) in [6.07, 6.45) is 2.07. The van der Waals surface area contributed by atoms with E-state index in [1.165, 1.54) is 5.56 Å². The monoisotopic (exact) mass is 295 g/mol. The van der Waals surface area contributed by atoms with Gasteiger partial charge in [0, 0.05) is 18.7 Å². The van der Waals surface area contributed by atoms with Gasteiger partial charge >= 0.3 is 0 Å². The molecular formula is C19H21NO2. The summed E-state index contributed by atoms with van der Waals surface area (Å²) in [5.41, 5.74) is 2.12. The largest absolute Gasteiger partial charge is 0.497 e. The molecule has 1 fully saturated rings. The number of nitrogens with zero attached hydrogens (tertiary/aromatic N) is 1. The fourth-order valence-electron chi connectivity index (χ4n) is 3.06. The average Bonchev–Trinajstić information content (AvgIpc) is 2.62. The molecule has 0 aliphatic carbocycles. The van der Waals surface area contributed by atoms with Crippen molar-refractivity contribution < 1.29 is 9.53 Å². The lowest BCUT2D eigenvalue weighted by atomic mass is 9.89. The van der Waals surface area contributed by atoms with Crippen LogP contribution in [-0.4, -0.2) is 31.0 Å². The molecule has 0 atom stereocenters. The van der Waals surface area contributed by atoms with E-state index in [0.717, 1.165) is 37.2 Å². The third kappa shape index (κ3) is 3.14. The highest BCUT2D eigenvalue weighted by Crippen LogP contribution is 2.28. The number of benzene rings is 2. The van der Waals surface area contributed by atoms with Gasteiger partial charge in [0.25, 0.3) is 5.91 Å². The molecular weight excluding hydrogens is 274 g/mol. The molecule has 114 valence electrons. The second-order valence-corrected chi connectivity index (χ2v) is 5.71. The van der Waals surface area contributed by atoms with Crippen LogP contribution in [0.1, 0.15) is 34.7 Å². The standard InChI is InChI=1S/C19H21NO2/c1-22-18-9-7-17(8-10-18)19(21)20-13-11-16(12-14-20)15-5-3-2-4-6-15/h2-10,16H,11-14H2,1H3. The summed E-state index contributed by atoms with van der Waals surface area (Å²) >= 11 is 0. The van der Waals surface area contributed by atoms with Crippen LogP contribution in [0, 0.1) is 0 Å². The molecule has 0 saturated carbocycles. The number of hydrogen-bond acceptors (Lipinski definition) is 2. The zero-order valence-corrected chi connectivity index (χ0v) is 12.9. The van der Waals surface area contributed by atoms with Crippen LogP contribution in [0.2, 0.25) is 0 Å². The van der Waals surface area contributed by atoms with Crippen LogP contribution in [0.4, 0.5) is 0 Å². The molecule has 0 radical (unpaired) electrons. The minimum absolute atomic E-state index is 0.120. The first-order chi connectivity index (χ1) is 10.8. The molecule has 0 aromatic heterocycles. The first-order valence-electron chi connectivity index (χ1n) is 7.76. The quantitative estimate of drug-likeness (QED) is 0.864. The third-order valence-electron chi connectivity index (χ3n) is 4.39. The van der Waals surface area contributed by atoms with Crippen molar-refractivity contribution in [2.24, 2.45) is 0 Å². The van der Waals surface area contributed by atoms with Gasteiger partial charge in [-0.1, -0.05) is 30.3 Å². The number of carbonyl (C=O) groups is 1. The highest BCUT2D eigenvalue weighted by atomic mass is 16.5. The number of amides is 1. The Morgan fingerprint density at radius 2 is 1.64 bits per heavy atom. The Labute approximate surface area is 131 Å². The van der Waals surface area contributed by atoms with Gasteiger partial charge in [-0.15, -0.1) is 0 Å². The molecule has 3 heteroatoms. The van der Waals surface area contributed by atoms with Crippen molar-refractivity contribution in [2.45, 2.75) is 18.8 Å². The normalized spacial score (nSPS) is 15.6. The van der Waals surface area contributed by atoms with E-state index >= 15 is 0 Å². The molecule has 1 saturated heterocycles. The smallest absolute Gasteiger partial charge is 0.253 e. The average molecular weight is 295 g/mol. The predicted molar refractivity (Wildman–Crippen MR) is 87.3 cm³/mol. The molecule has 1 aliphatic rings. The van der Waals surface area contributed by atoms with E-state index in [0.29, 0.717) is 5.92 Å². The lowest BCUT2D eigenvalue weighted by Gasteiger charge is -2.32. The third-order valence-corrected chi connectivity index (χ3v) is 4.39. The highest BCUT2D eigenvalue weighted by Gasteiger charge is 2.24. The van der Waals surface area contributed by atoms with E-state index in [4.69, 9.17) is 4.74 Å². The number of hydrogen-bond donors (Lipinski definition) is 0. The van der Waals surface area contributed by atoms with Gasteiger partial charge in [0.2, 0.25) is 0 Å². The van der Waals surface area contributed by atoms with Crippen molar-refractivity contribution in [3.8, 4) is 5.75 Å². The van der Waals surface area contributed by atoms with E-state index < -0.39 is 0 Å². The maximum absolute atomic E-state index is 12.5. The Balaban J connectivity index is 1.62. The SMILES string of the molecule is COc1ccc(C(=O)N2CCC(c3ccccc3)CC2)cc1. The van der Waals surface area contributed by atoms with Crippen LogP contribution < -0.4 is 4.74 Å². The summed E-state index contributed by atoms with van der Waals surface area (Å²) < 4.78 is 5.13. The van der Waals surface area contributed by atoms with Gasteiger partial charge in [0.15, 0.2) is 0 Å². The molecule has 0 spiro atoms. The maximum Gasteiger partial charge on any atom is 0.253 e. The van der Waals surface area contributed by atoms with E-state index in [1.54, 1.807) is 7.11 Å². The second-order valence-electron chi connectivity index (χ2n) is 5.71. The minimum Gasteiger partial charge on any atom is -0.497 e. The van der Waals surface area contributed by atoms with Gasteiger partial charge in [-0.25, -0.2) is 0 Å². The summed E-state index contributed by atoms with van der Waals surface area (Å²) in [4.78, 5) is 14.5. The van der Waals surface area contributed by atoms with Crippen molar-refractivity contribution in [2.75, 3.05) is 20.2 Å². The van der Waals surface area contributed by atoms with Crippen LogP contribution in [0.25, 0.3) is 0 Å². The Bertz CT molecular complexity index is 614. The Morgan fingerprint density at radius 3 is 2.23 bits per heavy atom. The van der Waals surface area contributed by atoms with E-state index in [9.17, 15) is 4.79 Å². The molecule has 0 bridgehead atoms. The lowest BCUT2D eigenvalue weighted by molar-refractivity contribution is 0.0713. The molecule has 2 aromatic carbocycles. The van der Waals surface area contributed by atoms with E-state index in [2.05, 4.69) is 24.3 Å². The summed E-state index contributed by atoms with van der Waals surface area (Å²) in [7, 11) is 1.63. The molecule has 1 heterocycles. The number of likely N-dealkylation sites (tertiary alicyclic amines) is 1. The maximum atomic E-state index is 12.5. The number of carbonyl (C=O) groups excluding carboxylic acids is 1. The summed E-state index contributed by atoms with van der Waals surface area (Å²) in [6.45, 7) is 1.65. The van der Waals surface area contributed by atoms with Crippen molar-refractivity contribution >= 4 is 5.91 Å². The van der Waals surface area contributed by atoms with E-state index in [1.807, 2.05) is 35.2 Å². The van der Waals surface area contributed by atoms with Crippen LogP contribution in [0.3, 0.4) is 0 Å². The number of methoxy groups -OCH3 is 1. The minimum atomic E-state index is 0.120. The first-order valence-corrected chi connectivity index (χ1v) is 7.76.